The molecule has 21 heavy (non-hydrogen) atoms. The lowest BCUT2D eigenvalue weighted by Crippen LogP contribution is -2.00. The SMILES string of the molecule is Cc1ccc(C)c(Cc2nccc(-c3cccnc3)n2)c1. The Labute approximate surface area is 124 Å². The molecular weight excluding hydrogens is 258 g/mol. The van der Waals surface area contributed by atoms with Gasteiger partial charge in [0, 0.05) is 30.6 Å². The van der Waals surface area contributed by atoms with Crippen molar-refractivity contribution in [3.8, 4) is 11.3 Å². The third kappa shape index (κ3) is 3.14. The molecule has 104 valence electrons. The van der Waals surface area contributed by atoms with E-state index in [0.717, 1.165) is 23.5 Å². The molecule has 1 aromatic carbocycles. The van der Waals surface area contributed by atoms with Gasteiger partial charge in [-0.2, -0.15) is 0 Å². The molecule has 0 amide bonds. The summed E-state index contributed by atoms with van der Waals surface area (Å²) in [6.07, 6.45) is 6.16. The summed E-state index contributed by atoms with van der Waals surface area (Å²) in [5, 5.41) is 0. The third-order valence-corrected chi connectivity index (χ3v) is 3.52. The van der Waals surface area contributed by atoms with Crippen molar-refractivity contribution in [2.24, 2.45) is 0 Å². The summed E-state index contributed by atoms with van der Waals surface area (Å²) in [7, 11) is 0. The lowest BCUT2D eigenvalue weighted by molar-refractivity contribution is 0.962. The zero-order valence-electron chi connectivity index (χ0n) is 12.2. The highest BCUT2D eigenvalue weighted by atomic mass is 14.9. The van der Waals surface area contributed by atoms with Gasteiger partial charge in [0.1, 0.15) is 5.82 Å². The summed E-state index contributed by atoms with van der Waals surface area (Å²) in [5.74, 6) is 0.838. The highest BCUT2D eigenvalue weighted by molar-refractivity contribution is 5.57. The number of aryl methyl sites for hydroxylation is 2. The highest BCUT2D eigenvalue weighted by Gasteiger charge is 2.05. The van der Waals surface area contributed by atoms with E-state index in [1.54, 1.807) is 6.20 Å². The van der Waals surface area contributed by atoms with E-state index in [1.165, 1.54) is 16.7 Å². The van der Waals surface area contributed by atoms with Gasteiger partial charge < -0.3 is 0 Å². The zero-order chi connectivity index (χ0) is 14.7. The molecule has 0 aliphatic rings. The summed E-state index contributed by atoms with van der Waals surface area (Å²) in [5.41, 5.74) is 5.74. The molecular formula is C18H17N3. The Morgan fingerprint density at radius 1 is 1.00 bits per heavy atom. The normalized spacial score (nSPS) is 10.6. The summed E-state index contributed by atoms with van der Waals surface area (Å²) >= 11 is 0. The predicted octanol–water partition coefficient (Wildman–Crippen LogP) is 3.75. The van der Waals surface area contributed by atoms with Crippen LogP contribution in [0.5, 0.6) is 0 Å². The molecule has 0 bridgehead atoms. The van der Waals surface area contributed by atoms with E-state index in [2.05, 4.69) is 47.0 Å². The molecule has 3 aromatic rings. The molecule has 0 aliphatic carbocycles. The second kappa shape index (κ2) is 5.83. The first-order chi connectivity index (χ1) is 10.2. The molecule has 0 atom stereocenters. The molecule has 0 radical (unpaired) electrons. The van der Waals surface area contributed by atoms with Crippen molar-refractivity contribution in [2.45, 2.75) is 20.3 Å². The number of pyridine rings is 1. The van der Waals surface area contributed by atoms with Gasteiger partial charge in [0.25, 0.3) is 0 Å². The van der Waals surface area contributed by atoms with Gasteiger partial charge in [-0.25, -0.2) is 9.97 Å². The number of nitrogens with zero attached hydrogens (tertiary/aromatic N) is 3. The third-order valence-electron chi connectivity index (χ3n) is 3.52. The van der Waals surface area contributed by atoms with Gasteiger partial charge >= 0.3 is 0 Å². The minimum atomic E-state index is 0.752. The molecule has 0 unspecified atom stereocenters. The fourth-order valence-corrected chi connectivity index (χ4v) is 2.32. The minimum Gasteiger partial charge on any atom is -0.264 e. The second-order valence-corrected chi connectivity index (χ2v) is 5.21. The van der Waals surface area contributed by atoms with Crippen LogP contribution in [-0.2, 0) is 6.42 Å². The largest absolute Gasteiger partial charge is 0.264 e. The van der Waals surface area contributed by atoms with Crippen molar-refractivity contribution in [1.29, 1.82) is 0 Å². The first-order valence-corrected chi connectivity index (χ1v) is 7.01. The van der Waals surface area contributed by atoms with E-state index in [9.17, 15) is 0 Å². The van der Waals surface area contributed by atoms with E-state index in [1.807, 2.05) is 30.6 Å². The molecule has 0 N–H and O–H groups in total. The van der Waals surface area contributed by atoms with Crippen LogP contribution >= 0.6 is 0 Å². The van der Waals surface area contributed by atoms with Gasteiger partial charge in [-0.1, -0.05) is 23.8 Å². The molecule has 2 heterocycles. The standard InChI is InChI=1S/C18H17N3/c1-13-5-6-14(2)16(10-13)11-18-20-9-7-17(21-18)15-4-3-8-19-12-15/h3-10,12H,11H2,1-2H3. The Bertz CT molecular complexity index is 751. The molecule has 0 saturated heterocycles. The van der Waals surface area contributed by atoms with Crippen LogP contribution in [0.4, 0.5) is 0 Å². The van der Waals surface area contributed by atoms with Gasteiger partial charge in [0.05, 0.1) is 5.69 Å². The maximum atomic E-state index is 4.66. The summed E-state index contributed by atoms with van der Waals surface area (Å²) in [6, 6.07) is 12.3. The van der Waals surface area contributed by atoms with E-state index >= 15 is 0 Å². The van der Waals surface area contributed by atoms with Crippen LogP contribution in [0.3, 0.4) is 0 Å². The average molecular weight is 275 g/mol. The molecule has 0 spiro atoms. The minimum absolute atomic E-state index is 0.752. The van der Waals surface area contributed by atoms with Crippen LogP contribution in [0.2, 0.25) is 0 Å². The van der Waals surface area contributed by atoms with Gasteiger partial charge in [-0.3, -0.25) is 4.98 Å². The monoisotopic (exact) mass is 275 g/mol. The Balaban J connectivity index is 1.92. The quantitative estimate of drug-likeness (QED) is 0.730. The van der Waals surface area contributed by atoms with Crippen molar-refractivity contribution >= 4 is 0 Å². The van der Waals surface area contributed by atoms with Crippen molar-refractivity contribution < 1.29 is 0 Å². The first-order valence-electron chi connectivity index (χ1n) is 7.01. The van der Waals surface area contributed by atoms with Gasteiger partial charge in [0.2, 0.25) is 0 Å². The maximum Gasteiger partial charge on any atom is 0.133 e. The van der Waals surface area contributed by atoms with Crippen LogP contribution in [0.15, 0.2) is 55.0 Å². The van der Waals surface area contributed by atoms with Crippen molar-refractivity contribution in [3.63, 3.8) is 0 Å². The van der Waals surface area contributed by atoms with E-state index in [-0.39, 0.29) is 0 Å². The Hall–Kier alpha value is -2.55. The predicted molar refractivity (Wildman–Crippen MR) is 84.0 cm³/mol. The average Bonchev–Trinajstić information content (AvgIpc) is 2.52. The maximum absolute atomic E-state index is 4.66. The summed E-state index contributed by atoms with van der Waals surface area (Å²) in [6.45, 7) is 4.23. The number of rotatable bonds is 3. The van der Waals surface area contributed by atoms with E-state index < -0.39 is 0 Å². The van der Waals surface area contributed by atoms with Crippen molar-refractivity contribution in [1.82, 2.24) is 15.0 Å². The molecule has 3 heteroatoms. The number of hydrogen-bond donors (Lipinski definition) is 0. The van der Waals surface area contributed by atoms with Crippen LogP contribution in [0.1, 0.15) is 22.5 Å². The van der Waals surface area contributed by atoms with Gasteiger partial charge in [-0.15, -0.1) is 0 Å². The first kappa shape index (κ1) is 13.4. The van der Waals surface area contributed by atoms with Gasteiger partial charge in [0.15, 0.2) is 0 Å². The Morgan fingerprint density at radius 3 is 2.71 bits per heavy atom. The summed E-state index contributed by atoms with van der Waals surface area (Å²) < 4.78 is 0. The lowest BCUT2D eigenvalue weighted by Gasteiger charge is -2.07. The molecule has 0 aliphatic heterocycles. The van der Waals surface area contributed by atoms with Crippen molar-refractivity contribution in [2.75, 3.05) is 0 Å². The molecule has 3 rings (SSSR count). The molecule has 2 aromatic heterocycles. The Morgan fingerprint density at radius 2 is 1.90 bits per heavy atom. The van der Waals surface area contributed by atoms with Crippen LogP contribution in [0, 0.1) is 13.8 Å². The van der Waals surface area contributed by atoms with Crippen LogP contribution in [0.25, 0.3) is 11.3 Å². The topological polar surface area (TPSA) is 38.7 Å². The van der Waals surface area contributed by atoms with Crippen LogP contribution < -0.4 is 0 Å². The number of benzene rings is 1. The summed E-state index contributed by atoms with van der Waals surface area (Å²) in [4.78, 5) is 13.2. The highest BCUT2D eigenvalue weighted by Crippen LogP contribution is 2.17. The molecule has 0 fully saturated rings. The van der Waals surface area contributed by atoms with Crippen LogP contribution in [-0.4, -0.2) is 15.0 Å². The van der Waals surface area contributed by atoms with E-state index in [0.29, 0.717) is 0 Å². The Kier molecular flexibility index (Phi) is 3.73. The van der Waals surface area contributed by atoms with Crippen molar-refractivity contribution in [3.05, 3.63) is 77.5 Å². The number of aromatic nitrogens is 3. The lowest BCUT2D eigenvalue weighted by atomic mass is 10.0. The molecule has 3 nitrogen and oxygen atoms in total. The van der Waals surface area contributed by atoms with E-state index in [4.69, 9.17) is 0 Å². The second-order valence-electron chi connectivity index (χ2n) is 5.21. The fourth-order valence-electron chi connectivity index (χ4n) is 2.32. The zero-order valence-corrected chi connectivity index (χ0v) is 12.2. The smallest absolute Gasteiger partial charge is 0.133 e. The fraction of sp³-hybridized carbons (Fsp3) is 0.167. The number of hydrogen-bond acceptors (Lipinski definition) is 3. The molecule has 0 saturated carbocycles. The van der Waals surface area contributed by atoms with Gasteiger partial charge in [-0.05, 0) is 43.2 Å².